The molecule has 0 amide bonds. The highest BCUT2D eigenvalue weighted by Gasteiger charge is 2.08. The van der Waals surface area contributed by atoms with Gasteiger partial charge >= 0.3 is 0 Å². The van der Waals surface area contributed by atoms with E-state index in [1.807, 2.05) is 12.1 Å². The highest BCUT2D eigenvalue weighted by molar-refractivity contribution is 6.30. The Kier molecular flexibility index (Phi) is 6.42. The molecular weight excluding hydrogens is 287 g/mol. The summed E-state index contributed by atoms with van der Waals surface area (Å²) >= 11 is 12.0. The van der Waals surface area contributed by atoms with E-state index in [0.29, 0.717) is 5.92 Å². The Hall–Kier alpha value is -0.980. The molecule has 0 spiro atoms. The van der Waals surface area contributed by atoms with Crippen LogP contribution in [0, 0.1) is 5.92 Å². The van der Waals surface area contributed by atoms with Crippen LogP contribution >= 0.6 is 23.2 Å². The molecule has 2 aromatic carbocycles. The molecule has 20 heavy (non-hydrogen) atoms. The van der Waals surface area contributed by atoms with Gasteiger partial charge in [0, 0.05) is 10.9 Å². The van der Waals surface area contributed by atoms with Crippen LogP contribution in [0.15, 0.2) is 54.6 Å². The van der Waals surface area contributed by atoms with Gasteiger partial charge in [-0.3, -0.25) is 0 Å². The van der Waals surface area contributed by atoms with Crippen molar-refractivity contribution in [3.8, 4) is 0 Å². The van der Waals surface area contributed by atoms with E-state index in [-0.39, 0.29) is 0 Å². The van der Waals surface area contributed by atoms with Crippen LogP contribution in [-0.2, 0) is 12.8 Å². The summed E-state index contributed by atoms with van der Waals surface area (Å²) in [5.74, 6) is 1.26. The Morgan fingerprint density at radius 2 is 1.55 bits per heavy atom. The molecule has 0 N–H and O–H groups in total. The van der Waals surface area contributed by atoms with Gasteiger partial charge in [-0.15, -0.1) is 11.6 Å². The van der Waals surface area contributed by atoms with Gasteiger partial charge in [-0.05, 0) is 54.9 Å². The summed E-state index contributed by atoms with van der Waals surface area (Å²) in [6, 6.07) is 18.7. The summed E-state index contributed by atoms with van der Waals surface area (Å²) in [6.07, 6.45) is 4.53. The minimum absolute atomic E-state index is 0.543. The molecule has 0 heterocycles. The van der Waals surface area contributed by atoms with Crippen LogP contribution in [0.2, 0.25) is 5.02 Å². The van der Waals surface area contributed by atoms with Crippen molar-refractivity contribution in [2.75, 3.05) is 5.88 Å². The molecule has 2 aromatic rings. The molecule has 2 heteroatoms. The van der Waals surface area contributed by atoms with Gasteiger partial charge < -0.3 is 0 Å². The smallest absolute Gasteiger partial charge is 0.0406 e. The minimum Gasteiger partial charge on any atom is -0.126 e. The van der Waals surface area contributed by atoms with Gasteiger partial charge in [0.25, 0.3) is 0 Å². The highest BCUT2D eigenvalue weighted by Crippen LogP contribution is 2.19. The lowest BCUT2D eigenvalue weighted by Crippen LogP contribution is -2.07. The number of benzene rings is 2. The molecule has 0 aromatic heterocycles. The van der Waals surface area contributed by atoms with Crippen molar-refractivity contribution in [2.45, 2.75) is 25.7 Å². The van der Waals surface area contributed by atoms with Gasteiger partial charge in [0.2, 0.25) is 0 Å². The van der Waals surface area contributed by atoms with Gasteiger partial charge in [-0.2, -0.15) is 0 Å². The number of aryl methyl sites for hydroxylation is 1. The Morgan fingerprint density at radius 1 is 0.850 bits per heavy atom. The largest absolute Gasteiger partial charge is 0.126 e. The SMILES string of the molecule is ClCC(CCCc1ccccc1)Cc1ccc(Cl)cc1. The average Bonchev–Trinajstić information content (AvgIpc) is 2.49. The first-order valence-electron chi connectivity index (χ1n) is 7.12. The fourth-order valence-electron chi connectivity index (χ4n) is 2.43. The minimum atomic E-state index is 0.543. The van der Waals surface area contributed by atoms with Crippen LogP contribution in [0.1, 0.15) is 24.0 Å². The van der Waals surface area contributed by atoms with E-state index in [9.17, 15) is 0 Å². The topological polar surface area (TPSA) is 0 Å². The molecule has 0 aliphatic heterocycles. The van der Waals surface area contributed by atoms with Crippen molar-refractivity contribution in [1.82, 2.24) is 0 Å². The van der Waals surface area contributed by atoms with Crippen LogP contribution in [0.3, 0.4) is 0 Å². The van der Waals surface area contributed by atoms with E-state index in [1.54, 1.807) is 0 Å². The predicted octanol–water partition coefficient (Wildman–Crippen LogP) is 5.76. The molecule has 0 saturated heterocycles. The summed E-state index contributed by atoms with van der Waals surface area (Å²) in [7, 11) is 0. The maximum atomic E-state index is 6.10. The van der Waals surface area contributed by atoms with Crippen molar-refractivity contribution in [2.24, 2.45) is 5.92 Å². The first-order chi connectivity index (χ1) is 9.78. The number of halogens is 2. The summed E-state index contributed by atoms with van der Waals surface area (Å²) in [5.41, 5.74) is 2.73. The summed E-state index contributed by atoms with van der Waals surface area (Å²) < 4.78 is 0. The highest BCUT2D eigenvalue weighted by atomic mass is 35.5. The lowest BCUT2D eigenvalue weighted by Gasteiger charge is -2.14. The second-order valence-electron chi connectivity index (χ2n) is 5.23. The van der Waals surface area contributed by atoms with E-state index in [2.05, 4.69) is 42.5 Å². The van der Waals surface area contributed by atoms with Crippen molar-refractivity contribution >= 4 is 23.2 Å². The average molecular weight is 307 g/mol. The zero-order chi connectivity index (χ0) is 14.2. The lowest BCUT2D eigenvalue weighted by molar-refractivity contribution is 0.513. The Bertz CT molecular complexity index is 491. The number of hydrogen-bond acceptors (Lipinski definition) is 0. The summed E-state index contributed by atoms with van der Waals surface area (Å²) in [5, 5.41) is 0.792. The normalized spacial score (nSPS) is 12.3. The zero-order valence-electron chi connectivity index (χ0n) is 11.6. The van der Waals surface area contributed by atoms with Gasteiger partial charge in [0.05, 0.1) is 0 Å². The Morgan fingerprint density at radius 3 is 2.20 bits per heavy atom. The molecule has 0 bridgehead atoms. The Labute approximate surface area is 131 Å². The van der Waals surface area contributed by atoms with E-state index in [4.69, 9.17) is 23.2 Å². The fraction of sp³-hybridized carbons (Fsp3) is 0.333. The molecule has 0 fully saturated rings. The van der Waals surface area contributed by atoms with E-state index < -0.39 is 0 Å². The maximum absolute atomic E-state index is 6.10. The second kappa shape index (κ2) is 8.34. The molecule has 0 radical (unpaired) electrons. The van der Waals surface area contributed by atoms with Crippen molar-refractivity contribution in [3.63, 3.8) is 0 Å². The third-order valence-electron chi connectivity index (χ3n) is 3.58. The quantitative estimate of drug-likeness (QED) is 0.570. The molecule has 0 aliphatic carbocycles. The maximum Gasteiger partial charge on any atom is 0.0406 e. The summed E-state index contributed by atoms with van der Waals surface area (Å²) in [4.78, 5) is 0. The zero-order valence-corrected chi connectivity index (χ0v) is 13.1. The third-order valence-corrected chi connectivity index (χ3v) is 4.26. The van der Waals surface area contributed by atoms with Crippen LogP contribution in [-0.4, -0.2) is 5.88 Å². The van der Waals surface area contributed by atoms with Gasteiger partial charge in [0.15, 0.2) is 0 Å². The molecule has 1 unspecified atom stereocenters. The van der Waals surface area contributed by atoms with Gasteiger partial charge in [0.1, 0.15) is 0 Å². The summed E-state index contributed by atoms with van der Waals surface area (Å²) in [6.45, 7) is 0. The van der Waals surface area contributed by atoms with Crippen LogP contribution in [0.25, 0.3) is 0 Å². The fourth-order valence-corrected chi connectivity index (χ4v) is 2.82. The second-order valence-corrected chi connectivity index (χ2v) is 5.97. The third kappa shape index (κ3) is 5.19. The number of alkyl halides is 1. The standard InChI is InChI=1S/C18H20Cl2/c19-14-17(13-16-9-11-18(20)12-10-16)8-4-7-15-5-2-1-3-6-15/h1-3,5-6,9-12,17H,4,7-8,13-14H2. The molecule has 2 rings (SSSR count). The lowest BCUT2D eigenvalue weighted by atomic mass is 9.94. The van der Waals surface area contributed by atoms with Crippen LogP contribution < -0.4 is 0 Å². The molecular formula is C18H20Cl2. The monoisotopic (exact) mass is 306 g/mol. The first kappa shape index (κ1) is 15.4. The molecule has 0 saturated carbocycles. The van der Waals surface area contributed by atoms with Crippen LogP contribution in [0.5, 0.6) is 0 Å². The molecule has 1 atom stereocenters. The first-order valence-corrected chi connectivity index (χ1v) is 8.03. The van der Waals surface area contributed by atoms with E-state index in [0.717, 1.165) is 23.7 Å². The van der Waals surface area contributed by atoms with Gasteiger partial charge in [-0.25, -0.2) is 0 Å². The van der Waals surface area contributed by atoms with E-state index in [1.165, 1.54) is 24.0 Å². The number of hydrogen-bond donors (Lipinski definition) is 0. The van der Waals surface area contributed by atoms with Gasteiger partial charge in [-0.1, -0.05) is 54.1 Å². The predicted molar refractivity (Wildman–Crippen MR) is 88.7 cm³/mol. The molecule has 106 valence electrons. The van der Waals surface area contributed by atoms with Crippen LogP contribution in [0.4, 0.5) is 0 Å². The Balaban J connectivity index is 1.79. The van der Waals surface area contributed by atoms with Crippen molar-refractivity contribution in [1.29, 1.82) is 0 Å². The molecule has 0 nitrogen and oxygen atoms in total. The van der Waals surface area contributed by atoms with Crippen molar-refractivity contribution < 1.29 is 0 Å². The van der Waals surface area contributed by atoms with Crippen molar-refractivity contribution in [3.05, 3.63) is 70.7 Å². The number of rotatable bonds is 7. The van der Waals surface area contributed by atoms with E-state index >= 15 is 0 Å². The molecule has 0 aliphatic rings.